The first kappa shape index (κ1) is 16.4. The van der Waals surface area contributed by atoms with Gasteiger partial charge in [0, 0.05) is 20.0 Å². The SMILES string of the molecule is CC(=O)O.O=S(=O)(c1ccccc1)N1CCC2=C1NCCC2. The van der Waals surface area contributed by atoms with Crippen molar-refractivity contribution in [2.45, 2.75) is 31.1 Å². The highest BCUT2D eigenvalue weighted by Crippen LogP contribution is 2.32. The van der Waals surface area contributed by atoms with Crippen LogP contribution in [-0.4, -0.2) is 36.9 Å². The van der Waals surface area contributed by atoms with Gasteiger partial charge >= 0.3 is 0 Å². The lowest BCUT2D eigenvalue weighted by atomic mass is 10.1. The monoisotopic (exact) mass is 324 g/mol. The van der Waals surface area contributed by atoms with Crippen LogP contribution in [-0.2, 0) is 14.8 Å². The van der Waals surface area contributed by atoms with Gasteiger partial charge in [0.2, 0.25) is 0 Å². The molecular weight excluding hydrogens is 304 g/mol. The molecule has 0 unspecified atom stereocenters. The Balaban J connectivity index is 0.000000396. The Morgan fingerprint density at radius 2 is 1.86 bits per heavy atom. The van der Waals surface area contributed by atoms with Crippen molar-refractivity contribution >= 4 is 16.0 Å². The topological polar surface area (TPSA) is 86.7 Å². The summed E-state index contributed by atoms with van der Waals surface area (Å²) in [6.45, 7) is 2.51. The molecule has 0 saturated carbocycles. The number of hydrogen-bond acceptors (Lipinski definition) is 4. The molecule has 2 aliphatic heterocycles. The Labute approximate surface area is 130 Å². The van der Waals surface area contributed by atoms with Gasteiger partial charge < -0.3 is 10.4 Å². The van der Waals surface area contributed by atoms with Crippen molar-refractivity contribution in [1.29, 1.82) is 0 Å². The molecule has 0 atom stereocenters. The van der Waals surface area contributed by atoms with Crippen LogP contribution in [0.15, 0.2) is 46.6 Å². The Hall–Kier alpha value is -2.02. The van der Waals surface area contributed by atoms with Gasteiger partial charge in [-0.25, -0.2) is 8.42 Å². The van der Waals surface area contributed by atoms with Gasteiger partial charge in [-0.3, -0.25) is 9.10 Å². The van der Waals surface area contributed by atoms with Crippen molar-refractivity contribution in [2.75, 3.05) is 13.1 Å². The van der Waals surface area contributed by atoms with Crippen LogP contribution in [0, 0.1) is 0 Å². The molecule has 0 amide bonds. The molecule has 1 aromatic carbocycles. The van der Waals surface area contributed by atoms with Crippen LogP contribution in [0.4, 0.5) is 0 Å². The Morgan fingerprint density at radius 3 is 2.50 bits per heavy atom. The summed E-state index contributed by atoms with van der Waals surface area (Å²) in [6.07, 6.45) is 2.97. The van der Waals surface area contributed by atoms with Gasteiger partial charge in [-0.15, -0.1) is 0 Å². The maximum Gasteiger partial charge on any atom is 0.300 e. The van der Waals surface area contributed by atoms with E-state index in [2.05, 4.69) is 5.32 Å². The molecule has 2 N–H and O–H groups in total. The molecule has 0 saturated heterocycles. The van der Waals surface area contributed by atoms with E-state index in [0.29, 0.717) is 11.4 Å². The lowest BCUT2D eigenvalue weighted by Gasteiger charge is -2.25. The van der Waals surface area contributed by atoms with E-state index in [9.17, 15) is 8.42 Å². The van der Waals surface area contributed by atoms with Crippen LogP contribution < -0.4 is 5.32 Å². The third-order valence-electron chi connectivity index (χ3n) is 3.48. The fourth-order valence-corrected chi connectivity index (χ4v) is 4.09. The first-order valence-corrected chi connectivity index (χ1v) is 8.60. The molecule has 7 heteroatoms. The predicted octanol–water partition coefficient (Wildman–Crippen LogP) is 1.77. The number of rotatable bonds is 2. The maximum atomic E-state index is 12.5. The lowest BCUT2D eigenvalue weighted by molar-refractivity contribution is -0.134. The van der Waals surface area contributed by atoms with Crippen LogP contribution in [0.3, 0.4) is 0 Å². The zero-order valence-electron chi connectivity index (χ0n) is 12.4. The van der Waals surface area contributed by atoms with Gasteiger partial charge in [0.25, 0.3) is 16.0 Å². The average molecular weight is 324 g/mol. The summed E-state index contributed by atoms with van der Waals surface area (Å²) in [7, 11) is -3.40. The molecule has 2 aliphatic rings. The summed E-state index contributed by atoms with van der Waals surface area (Å²) in [5, 5.41) is 10.7. The second-order valence-corrected chi connectivity index (χ2v) is 7.00. The van der Waals surface area contributed by atoms with Gasteiger partial charge in [-0.1, -0.05) is 18.2 Å². The first-order valence-electron chi connectivity index (χ1n) is 7.16. The number of nitrogens with one attached hydrogen (secondary N) is 1. The highest BCUT2D eigenvalue weighted by Gasteiger charge is 2.33. The van der Waals surface area contributed by atoms with Crippen molar-refractivity contribution in [3.63, 3.8) is 0 Å². The Kier molecular flexibility index (Phi) is 5.07. The van der Waals surface area contributed by atoms with E-state index in [4.69, 9.17) is 9.90 Å². The number of nitrogens with zero attached hydrogens (tertiary/aromatic N) is 1. The summed E-state index contributed by atoms with van der Waals surface area (Å²) >= 11 is 0. The molecule has 0 bridgehead atoms. The highest BCUT2D eigenvalue weighted by atomic mass is 32.2. The van der Waals surface area contributed by atoms with E-state index in [-0.39, 0.29) is 0 Å². The highest BCUT2D eigenvalue weighted by molar-refractivity contribution is 7.89. The smallest absolute Gasteiger partial charge is 0.300 e. The molecule has 0 aromatic heterocycles. The molecule has 0 aliphatic carbocycles. The standard InChI is InChI=1S/C13H16N2O2S.C2H4O2/c16-18(17,12-6-2-1-3-7-12)15-10-8-11-5-4-9-14-13(11)15;1-2(3)4/h1-3,6-7,14H,4-5,8-10H2;1H3,(H,3,4). The largest absolute Gasteiger partial charge is 0.481 e. The van der Waals surface area contributed by atoms with Gasteiger partial charge in [-0.2, -0.15) is 0 Å². The van der Waals surface area contributed by atoms with Crippen LogP contribution in [0.5, 0.6) is 0 Å². The van der Waals surface area contributed by atoms with Crippen LogP contribution in [0.25, 0.3) is 0 Å². The molecule has 120 valence electrons. The van der Waals surface area contributed by atoms with E-state index in [1.165, 1.54) is 9.88 Å². The summed E-state index contributed by atoms with van der Waals surface area (Å²) in [5.41, 5.74) is 1.25. The van der Waals surface area contributed by atoms with Gasteiger partial charge in [-0.05, 0) is 37.0 Å². The maximum absolute atomic E-state index is 12.5. The molecule has 3 rings (SSSR count). The minimum atomic E-state index is -3.40. The number of hydrogen-bond donors (Lipinski definition) is 2. The van der Waals surface area contributed by atoms with Crippen molar-refractivity contribution in [3.8, 4) is 0 Å². The summed E-state index contributed by atoms with van der Waals surface area (Å²) in [4.78, 5) is 9.37. The van der Waals surface area contributed by atoms with Crippen LogP contribution >= 0.6 is 0 Å². The minimum Gasteiger partial charge on any atom is -0.481 e. The van der Waals surface area contributed by atoms with Crippen molar-refractivity contribution in [1.82, 2.24) is 9.62 Å². The Morgan fingerprint density at radius 1 is 1.23 bits per heavy atom. The van der Waals surface area contributed by atoms with E-state index >= 15 is 0 Å². The molecule has 22 heavy (non-hydrogen) atoms. The molecule has 1 aromatic rings. The number of carboxylic acid groups (broad SMARTS) is 1. The van der Waals surface area contributed by atoms with E-state index in [1.54, 1.807) is 24.3 Å². The molecule has 0 radical (unpaired) electrons. The number of aliphatic carboxylic acids is 1. The van der Waals surface area contributed by atoms with E-state index in [0.717, 1.165) is 38.6 Å². The third-order valence-corrected chi connectivity index (χ3v) is 5.29. The van der Waals surface area contributed by atoms with E-state index in [1.807, 2.05) is 6.07 Å². The lowest BCUT2D eigenvalue weighted by Crippen LogP contribution is -2.35. The Bertz CT molecular complexity index is 664. The number of sulfonamides is 1. The van der Waals surface area contributed by atoms with E-state index < -0.39 is 16.0 Å². The molecule has 2 heterocycles. The fraction of sp³-hybridized carbons (Fsp3) is 0.400. The third kappa shape index (κ3) is 3.59. The number of carboxylic acids is 1. The zero-order valence-corrected chi connectivity index (χ0v) is 13.3. The van der Waals surface area contributed by atoms with Crippen molar-refractivity contribution < 1.29 is 18.3 Å². The van der Waals surface area contributed by atoms with Crippen LogP contribution in [0.1, 0.15) is 26.2 Å². The zero-order chi connectivity index (χ0) is 16.2. The molecule has 0 fully saturated rings. The second kappa shape index (κ2) is 6.83. The van der Waals surface area contributed by atoms with Crippen LogP contribution in [0.2, 0.25) is 0 Å². The van der Waals surface area contributed by atoms with Gasteiger partial charge in [0.1, 0.15) is 5.82 Å². The van der Waals surface area contributed by atoms with Gasteiger partial charge in [0.05, 0.1) is 4.90 Å². The predicted molar refractivity (Wildman–Crippen MR) is 82.5 cm³/mol. The normalized spacial score (nSPS) is 17.2. The fourth-order valence-electron chi connectivity index (χ4n) is 2.57. The molecule has 6 nitrogen and oxygen atoms in total. The summed E-state index contributed by atoms with van der Waals surface area (Å²) < 4.78 is 26.6. The molecule has 0 spiro atoms. The quantitative estimate of drug-likeness (QED) is 0.866. The van der Waals surface area contributed by atoms with Crippen molar-refractivity contribution in [3.05, 3.63) is 41.7 Å². The van der Waals surface area contributed by atoms with Gasteiger partial charge in [0.15, 0.2) is 0 Å². The van der Waals surface area contributed by atoms with Crippen molar-refractivity contribution in [2.24, 2.45) is 0 Å². The number of benzene rings is 1. The summed E-state index contributed by atoms with van der Waals surface area (Å²) in [5.74, 6) is -0.00916. The molecular formula is C15H20N2O4S. The first-order chi connectivity index (χ1) is 10.4. The number of carbonyl (C=O) groups is 1. The minimum absolute atomic E-state index is 0.367. The average Bonchev–Trinajstić information content (AvgIpc) is 2.92. The second-order valence-electron chi connectivity index (χ2n) is 5.14. The summed E-state index contributed by atoms with van der Waals surface area (Å²) in [6, 6.07) is 8.64.